The van der Waals surface area contributed by atoms with E-state index in [1.807, 2.05) is 0 Å². The summed E-state index contributed by atoms with van der Waals surface area (Å²) in [5.41, 5.74) is 6.37. The number of ether oxygens (including phenoxy) is 1. The quantitative estimate of drug-likeness (QED) is 0.795. The van der Waals surface area contributed by atoms with E-state index in [9.17, 15) is 4.39 Å². The maximum atomic E-state index is 13.0. The second kappa shape index (κ2) is 7.53. The van der Waals surface area contributed by atoms with E-state index in [2.05, 4.69) is 9.88 Å². The van der Waals surface area contributed by atoms with E-state index in [0.717, 1.165) is 51.1 Å². The van der Waals surface area contributed by atoms with Crippen LogP contribution in [0.2, 0.25) is 0 Å². The Hall–Kier alpha value is -1.04. The van der Waals surface area contributed by atoms with Gasteiger partial charge in [-0.3, -0.25) is 9.88 Å². The molecule has 0 radical (unpaired) electrons. The van der Waals surface area contributed by atoms with Crippen LogP contribution in [-0.2, 0) is 11.3 Å². The van der Waals surface area contributed by atoms with Crippen LogP contribution in [0.25, 0.3) is 0 Å². The number of aromatic nitrogens is 1. The lowest BCUT2D eigenvalue weighted by Gasteiger charge is -2.31. The van der Waals surface area contributed by atoms with Gasteiger partial charge in [-0.05, 0) is 37.4 Å². The molecule has 1 aromatic rings. The Morgan fingerprint density at radius 2 is 2.16 bits per heavy atom. The zero-order chi connectivity index (χ0) is 13.5. The van der Waals surface area contributed by atoms with Crippen LogP contribution in [0.5, 0.6) is 0 Å². The summed E-state index contributed by atoms with van der Waals surface area (Å²) in [6.45, 7) is 4.19. The smallest absolute Gasteiger partial charge is 0.141 e. The summed E-state index contributed by atoms with van der Waals surface area (Å²) in [5, 5.41) is 0. The summed E-state index contributed by atoms with van der Waals surface area (Å²) in [7, 11) is 0. The van der Waals surface area contributed by atoms with Crippen LogP contribution >= 0.6 is 0 Å². The van der Waals surface area contributed by atoms with Crippen LogP contribution in [-0.4, -0.2) is 42.2 Å². The van der Waals surface area contributed by atoms with Crippen molar-refractivity contribution in [2.24, 2.45) is 5.73 Å². The summed E-state index contributed by atoms with van der Waals surface area (Å²) in [5.74, 6) is -0.266. The number of rotatable bonds is 6. The minimum atomic E-state index is -0.266. The van der Waals surface area contributed by atoms with E-state index in [1.54, 1.807) is 12.3 Å². The molecule has 1 saturated heterocycles. The van der Waals surface area contributed by atoms with Gasteiger partial charge >= 0.3 is 0 Å². The molecule has 1 fully saturated rings. The molecule has 1 aliphatic heterocycles. The molecule has 0 bridgehead atoms. The van der Waals surface area contributed by atoms with Crippen LogP contribution in [0.4, 0.5) is 4.39 Å². The van der Waals surface area contributed by atoms with Gasteiger partial charge in [-0.1, -0.05) is 0 Å². The zero-order valence-electron chi connectivity index (χ0n) is 11.2. The van der Waals surface area contributed by atoms with Gasteiger partial charge in [0.2, 0.25) is 0 Å². The SMILES string of the molecule is NCCCOC1CCN(Cc2cncc(F)c2)CC1. The molecule has 2 N–H and O–H groups in total. The van der Waals surface area contributed by atoms with Crippen LogP contribution in [0.15, 0.2) is 18.5 Å². The Bertz CT molecular complexity index is 381. The summed E-state index contributed by atoms with van der Waals surface area (Å²) in [6.07, 6.45) is 6.32. The van der Waals surface area contributed by atoms with E-state index >= 15 is 0 Å². The molecule has 1 aromatic heterocycles. The third-order valence-electron chi connectivity index (χ3n) is 3.40. The molecule has 0 amide bonds. The molecule has 2 rings (SSSR count). The average Bonchev–Trinajstić information content (AvgIpc) is 2.41. The van der Waals surface area contributed by atoms with Gasteiger partial charge in [-0.25, -0.2) is 4.39 Å². The first-order chi connectivity index (χ1) is 9.28. The summed E-state index contributed by atoms with van der Waals surface area (Å²) >= 11 is 0. The topological polar surface area (TPSA) is 51.4 Å². The highest BCUT2D eigenvalue weighted by Crippen LogP contribution is 2.16. The van der Waals surface area contributed by atoms with E-state index in [-0.39, 0.29) is 5.82 Å². The fourth-order valence-corrected chi connectivity index (χ4v) is 2.37. The van der Waals surface area contributed by atoms with Crippen LogP contribution < -0.4 is 5.73 Å². The number of pyridine rings is 1. The predicted molar refractivity (Wildman–Crippen MR) is 72.1 cm³/mol. The molecule has 0 unspecified atom stereocenters. The Morgan fingerprint density at radius 3 is 2.84 bits per heavy atom. The van der Waals surface area contributed by atoms with Crippen molar-refractivity contribution in [1.29, 1.82) is 0 Å². The highest BCUT2D eigenvalue weighted by Gasteiger charge is 2.19. The van der Waals surface area contributed by atoms with Gasteiger partial charge in [-0.2, -0.15) is 0 Å². The van der Waals surface area contributed by atoms with Crippen molar-refractivity contribution in [3.8, 4) is 0 Å². The molecule has 4 nitrogen and oxygen atoms in total. The molecule has 0 aromatic carbocycles. The zero-order valence-corrected chi connectivity index (χ0v) is 11.2. The number of nitrogens with zero attached hydrogens (tertiary/aromatic N) is 2. The first-order valence-corrected chi connectivity index (χ1v) is 6.91. The molecule has 0 saturated carbocycles. The van der Waals surface area contributed by atoms with Crippen molar-refractivity contribution < 1.29 is 9.13 Å². The van der Waals surface area contributed by atoms with Crippen LogP contribution in [0.3, 0.4) is 0 Å². The van der Waals surface area contributed by atoms with Crippen molar-refractivity contribution in [2.75, 3.05) is 26.2 Å². The lowest BCUT2D eigenvalue weighted by molar-refractivity contribution is 0.00560. The fraction of sp³-hybridized carbons (Fsp3) is 0.643. The molecule has 0 atom stereocenters. The van der Waals surface area contributed by atoms with Gasteiger partial charge in [0.15, 0.2) is 0 Å². The maximum Gasteiger partial charge on any atom is 0.141 e. The van der Waals surface area contributed by atoms with E-state index in [4.69, 9.17) is 10.5 Å². The number of likely N-dealkylation sites (tertiary alicyclic amines) is 1. The van der Waals surface area contributed by atoms with E-state index in [0.29, 0.717) is 12.6 Å². The monoisotopic (exact) mass is 267 g/mol. The van der Waals surface area contributed by atoms with Gasteiger partial charge in [-0.15, -0.1) is 0 Å². The van der Waals surface area contributed by atoms with Gasteiger partial charge in [0.1, 0.15) is 5.82 Å². The number of piperidine rings is 1. The number of hydrogen-bond donors (Lipinski definition) is 1. The summed E-state index contributed by atoms with van der Waals surface area (Å²) in [6, 6.07) is 1.55. The number of hydrogen-bond acceptors (Lipinski definition) is 4. The van der Waals surface area contributed by atoms with Crippen molar-refractivity contribution >= 4 is 0 Å². The minimum Gasteiger partial charge on any atom is -0.378 e. The van der Waals surface area contributed by atoms with Gasteiger partial charge in [0, 0.05) is 32.4 Å². The lowest BCUT2D eigenvalue weighted by Crippen LogP contribution is -2.36. The maximum absolute atomic E-state index is 13.0. The molecule has 106 valence electrons. The fourth-order valence-electron chi connectivity index (χ4n) is 2.37. The van der Waals surface area contributed by atoms with Gasteiger partial charge in [0.05, 0.1) is 12.3 Å². The molecule has 2 heterocycles. The highest BCUT2D eigenvalue weighted by molar-refractivity contribution is 5.10. The molecule has 5 heteroatoms. The second-order valence-corrected chi connectivity index (χ2v) is 5.00. The van der Waals surface area contributed by atoms with Crippen LogP contribution in [0.1, 0.15) is 24.8 Å². The molecular formula is C14H22FN3O. The Labute approximate surface area is 113 Å². The number of halogens is 1. The molecule has 1 aliphatic rings. The van der Waals surface area contributed by atoms with Gasteiger partial charge < -0.3 is 10.5 Å². The molecule has 0 spiro atoms. The van der Waals surface area contributed by atoms with Crippen molar-refractivity contribution in [2.45, 2.75) is 31.9 Å². The van der Waals surface area contributed by atoms with Crippen LogP contribution in [0, 0.1) is 5.82 Å². The van der Waals surface area contributed by atoms with Crippen molar-refractivity contribution in [3.05, 3.63) is 29.8 Å². The number of nitrogens with two attached hydrogens (primary N) is 1. The Balaban J connectivity index is 1.71. The Morgan fingerprint density at radius 1 is 1.37 bits per heavy atom. The molecule has 19 heavy (non-hydrogen) atoms. The molecule has 0 aliphatic carbocycles. The second-order valence-electron chi connectivity index (χ2n) is 5.00. The molecular weight excluding hydrogens is 245 g/mol. The van der Waals surface area contributed by atoms with E-state index in [1.165, 1.54) is 6.20 Å². The largest absolute Gasteiger partial charge is 0.378 e. The first kappa shape index (κ1) is 14.4. The standard InChI is InChI=1S/C14H22FN3O/c15-13-8-12(9-17-10-13)11-18-5-2-14(3-6-18)19-7-1-4-16/h8-10,14H,1-7,11,16H2. The summed E-state index contributed by atoms with van der Waals surface area (Å²) in [4.78, 5) is 6.20. The normalized spacial score (nSPS) is 17.8. The van der Waals surface area contributed by atoms with E-state index < -0.39 is 0 Å². The first-order valence-electron chi connectivity index (χ1n) is 6.91. The minimum absolute atomic E-state index is 0.266. The van der Waals surface area contributed by atoms with Gasteiger partial charge in [0.25, 0.3) is 0 Å². The summed E-state index contributed by atoms with van der Waals surface area (Å²) < 4.78 is 18.8. The lowest BCUT2D eigenvalue weighted by atomic mass is 10.1. The van der Waals surface area contributed by atoms with Crippen molar-refractivity contribution in [1.82, 2.24) is 9.88 Å². The predicted octanol–water partition coefficient (Wildman–Crippen LogP) is 1.55. The Kier molecular flexibility index (Phi) is 5.69. The highest BCUT2D eigenvalue weighted by atomic mass is 19.1. The van der Waals surface area contributed by atoms with Crippen molar-refractivity contribution in [3.63, 3.8) is 0 Å². The third kappa shape index (κ3) is 4.86. The third-order valence-corrected chi connectivity index (χ3v) is 3.40. The average molecular weight is 267 g/mol.